The van der Waals surface area contributed by atoms with Crippen molar-refractivity contribution in [3.8, 4) is 5.69 Å². The molecule has 33 heavy (non-hydrogen) atoms. The molecular weight excluding hydrogens is 430 g/mol. The number of aryl methyl sites for hydroxylation is 1. The van der Waals surface area contributed by atoms with E-state index in [4.69, 9.17) is 4.74 Å². The van der Waals surface area contributed by atoms with E-state index in [2.05, 4.69) is 5.10 Å². The Morgan fingerprint density at radius 3 is 2.39 bits per heavy atom. The standard InChI is InChI=1S/C22H29N5O6/c1-15-13-18(28)20(23-26(15)16-9-7-8-10-17(16)27(31)32)21(30)25(12-11-24(5)6)14-19(29)33-22(2,3)4/h7-10,13H,11-12,14H2,1-6H3. The number of nitrogens with zero attached hydrogens (tertiary/aromatic N) is 5. The number of amides is 1. The maximum atomic E-state index is 13.3. The van der Waals surface area contributed by atoms with Crippen LogP contribution in [0.2, 0.25) is 0 Å². The van der Waals surface area contributed by atoms with Gasteiger partial charge in [-0.1, -0.05) is 12.1 Å². The van der Waals surface area contributed by atoms with Gasteiger partial charge in [0.25, 0.3) is 11.6 Å². The maximum Gasteiger partial charge on any atom is 0.326 e. The van der Waals surface area contributed by atoms with Crippen molar-refractivity contribution in [2.24, 2.45) is 0 Å². The zero-order valence-corrected chi connectivity index (χ0v) is 19.7. The van der Waals surface area contributed by atoms with Crippen molar-refractivity contribution in [2.45, 2.75) is 33.3 Å². The zero-order chi connectivity index (χ0) is 24.9. The molecule has 1 heterocycles. The molecule has 0 N–H and O–H groups in total. The largest absolute Gasteiger partial charge is 0.459 e. The third-order valence-corrected chi connectivity index (χ3v) is 4.46. The van der Waals surface area contributed by atoms with Crippen LogP contribution in [0, 0.1) is 17.0 Å². The minimum atomic E-state index is -0.764. The highest BCUT2D eigenvalue weighted by Gasteiger charge is 2.27. The quantitative estimate of drug-likeness (QED) is 0.332. The Morgan fingerprint density at radius 2 is 1.82 bits per heavy atom. The van der Waals surface area contributed by atoms with E-state index in [1.165, 1.54) is 33.8 Å². The second kappa shape index (κ2) is 10.3. The predicted molar refractivity (Wildman–Crippen MR) is 122 cm³/mol. The van der Waals surface area contributed by atoms with Gasteiger partial charge in [0.2, 0.25) is 5.43 Å². The van der Waals surface area contributed by atoms with Gasteiger partial charge in [-0.3, -0.25) is 24.5 Å². The first-order valence-corrected chi connectivity index (χ1v) is 10.3. The number of nitro benzene ring substituents is 1. The first-order valence-electron chi connectivity index (χ1n) is 10.3. The van der Waals surface area contributed by atoms with Crippen molar-refractivity contribution in [3.63, 3.8) is 0 Å². The van der Waals surface area contributed by atoms with Crippen LogP contribution < -0.4 is 5.43 Å². The molecule has 2 aromatic rings. The number of carbonyl (C=O) groups is 2. The summed E-state index contributed by atoms with van der Waals surface area (Å²) < 4.78 is 6.51. The number of carbonyl (C=O) groups excluding carboxylic acids is 2. The Kier molecular flexibility index (Phi) is 8.04. The Morgan fingerprint density at radius 1 is 1.18 bits per heavy atom. The molecule has 0 bridgehead atoms. The van der Waals surface area contributed by atoms with E-state index >= 15 is 0 Å². The minimum absolute atomic E-state index is 0.112. The van der Waals surface area contributed by atoms with Crippen molar-refractivity contribution >= 4 is 17.6 Å². The van der Waals surface area contributed by atoms with Crippen LogP contribution in [0.4, 0.5) is 5.69 Å². The van der Waals surface area contributed by atoms with Gasteiger partial charge in [-0.2, -0.15) is 5.10 Å². The van der Waals surface area contributed by atoms with E-state index in [0.29, 0.717) is 12.2 Å². The molecule has 0 unspecified atom stereocenters. The van der Waals surface area contributed by atoms with Gasteiger partial charge >= 0.3 is 5.97 Å². The van der Waals surface area contributed by atoms with Gasteiger partial charge in [0.05, 0.1) is 4.92 Å². The number of benzene rings is 1. The summed E-state index contributed by atoms with van der Waals surface area (Å²) in [7, 11) is 3.61. The molecule has 0 aliphatic heterocycles. The number of likely N-dealkylation sites (N-methyl/N-ethyl adjacent to an activating group) is 1. The Labute approximate surface area is 191 Å². The average Bonchev–Trinajstić information content (AvgIpc) is 2.69. The van der Waals surface area contributed by atoms with Crippen LogP contribution in [-0.2, 0) is 9.53 Å². The topological polar surface area (TPSA) is 128 Å². The fourth-order valence-corrected chi connectivity index (χ4v) is 2.99. The van der Waals surface area contributed by atoms with Gasteiger partial charge in [-0.15, -0.1) is 0 Å². The maximum absolute atomic E-state index is 13.3. The second-order valence-corrected chi connectivity index (χ2v) is 8.77. The number of aromatic nitrogens is 2. The van der Waals surface area contributed by atoms with Gasteiger partial charge in [-0.25, -0.2) is 4.68 Å². The molecule has 2 rings (SSSR count). The SMILES string of the molecule is Cc1cc(=O)c(C(=O)N(CCN(C)C)CC(=O)OC(C)(C)C)nn1-c1ccccc1[N+](=O)[O-]. The number of rotatable bonds is 8. The number of ether oxygens (including phenoxy) is 1. The van der Waals surface area contributed by atoms with Crippen molar-refractivity contribution in [3.05, 3.63) is 62.1 Å². The number of nitro groups is 1. The molecule has 1 aromatic heterocycles. The van der Waals surface area contributed by atoms with Crippen molar-refractivity contribution in [1.29, 1.82) is 0 Å². The molecule has 11 heteroatoms. The van der Waals surface area contributed by atoms with Crippen molar-refractivity contribution in [1.82, 2.24) is 19.6 Å². The van der Waals surface area contributed by atoms with Crippen LogP contribution in [-0.4, -0.2) is 75.7 Å². The van der Waals surface area contributed by atoms with Gasteiger partial charge in [0.1, 0.15) is 17.8 Å². The van der Waals surface area contributed by atoms with Crippen LogP contribution in [0.25, 0.3) is 5.69 Å². The molecule has 0 spiro atoms. The molecule has 11 nitrogen and oxygen atoms in total. The Hall–Kier alpha value is -3.60. The molecule has 1 amide bonds. The van der Waals surface area contributed by atoms with Crippen LogP contribution >= 0.6 is 0 Å². The summed E-state index contributed by atoms with van der Waals surface area (Å²) in [5.41, 5.74) is -1.63. The summed E-state index contributed by atoms with van der Waals surface area (Å²) in [5, 5.41) is 15.6. The van der Waals surface area contributed by atoms with E-state index < -0.39 is 33.5 Å². The van der Waals surface area contributed by atoms with Gasteiger partial charge in [0.15, 0.2) is 5.69 Å². The van der Waals surface area contributed by atoms with Crippen molar-refractivity contribution in [2.75, 3.05) is 33.7 Å². The molecule has 0 atom stereocenters. The Bertz CT molecular complexity index is 1100. The highest BCUT2D eigenvalue weighted by atomic mass is 16.6. The molecule has 0 aliphatic carbocycles. The van der Waals surface area contributed by atoms with Crippen molar-refractivity contribution < 1.29 is 19.2 Å². The molecule has 0 saturated carbocycles. The summed E-state index contributed by atoms with van der Waals surface area (Å²) in [6, 6.07) is 7.07. The van der Waals surface area contributed by atoms with Gasteiger partial charge in [0, 0.05) is 30.9 Å². The summed E-state index contributed by atoms with van der Waals surface area (Å²) in [6.45, 7) is 6.90. The summed E-state index contributed by atoms with van der Waals surface area (Å²) in [6.07, 6.45) is 0. The summed E-state index contributed by atoms with van der Waals surface area (Å²) in [5.74, 6) is -1.39. The first-order chi connectivity index (χ1) is 15.3. The number of hydrogen-bond acceptors (Lipinski definition) is 8. The molecule has 0 saturated heterocycles. The van der Waals surface area contributed by atoms with E-state index in [0.717, 1.165) is 0 Å². The fraction of sp³-hybridized carbons (Fsp3) is 0.455. The summed E-state index contributed by atoms with van der Waals surface area (Å²) >= 11 is 0. The fourth-order valence-electron chi connectivity index (χ4n) is 2.99. The third-order valence-electron chi connectivity index (χ3n) is 4.46. The Balaban J connectivity index is 2.50. The molecular formula is C22H29N5O6. The highest BCUT2D eigenvalue weighted by molar-refractivity contribution is 5.94. The number of esters is 1. The lowest BCUT2D eigenvalue weighted by molar-refractivity contribution is -0.384. The van der Waals surface area contributed by atoms with Gasteiger partial charge in [-0.05, 0) is 47.9 Å². The highest BCUT2D eigenvalue weighted by Crippen LogP contribution is 2.22. The van der Waals surface area contributed by atoms with E-state index in [9.17, 15) is 24.5 Å². The first kappa shape index (κ1) is 25.7. The lowest BCUT2D eigenvalue weighted by atomic mass is 10.2. The van der Waals surface area contributed by atoms with E-state index in [1.54, 1.807) is 33.8 Å². The molecule has 0 aliphatic rings. The molecule has 0 fully saturated rings. The summed E-state index contributed by atoms with van der Waals surface area (Å²) in [4.78, 5) is 52.2. The van der Waals surface area contributed by atoms with Gasteiger partial charge < -0.3 is 14.5 Å². The van der Waals surface area contributed by atoms with E-state index in [1.807, 2.05) is 19.0 Å². The lowest BCUT2D eigenvalue weighted by Gasteiger charge is -2.26. The molecule has 178 valence electrons. The minimum Gasteiger partial charge on any atom is -0.459 e. The van der Waals surface area contributed by atoms with Crippen LogP contribution in [0.15, 0.2) is 35.1 Å². The molecule has 0 radical (unpaired) electrons. The van der Waals surface area contributed by atoms with E-state index in [-0.39, 0.29) is 24.5 Å². The molecule has 1 aromatic carbocycles. The number of hydrogen-bond donors (Lipinski definition) is 0. The monoisotopic (exact) mass is 459 g/mol. The smallest absolute Gasteiger partial charge is 0.326 e. The predicted octanol–water partition coefficient (Wildman–Crippen LogP) is 1.79. The van der Waals surface area contributed by atoms with Crippen LogP contribution in [0.3, 0.4) is 0 Å². The van der Waals surface area contributed by atoms with Crippen LogP contribution in [0.1, 0.15) is 37.0 Å². The lowest BCUT2D eigenvalue weighted by Crippen LogP contribution is -2.44. The normalized spacial score (nSPS) is 11.4. The average molecular weight is 460 g/mol. The zero-order valence-electron chi connectivity index (χ0n) is 19.7. The third kappa shape index (κ3) is 6.94. The second-order valence-electron chi connectivity index (χ2n) is 8.77. The van der Waals surface area contributed by atoms with Crippen LogP contribution in [0.5, 0.6) is 0 Å². The number of para-hydroxylation sites is 2.